The molecule has 0 radical (unpaired) electrons. The predicted molar refractivity (Wildman–Crippen MR) is 53.9 cm³/mol. The van der Waals surface area contributed by atoms with Crippen LogP contribution in [0.25, 0.3) is 0 Å². The van der Waals surface area contributed by atoms with E-state index in [9.17, 15) is 9.90 Å². The second-order valence-corrected chi connectivity index (χ2v) is 5.44. The molecule has 4 aliphatic rings. The third-order valence-corrected chi connectivity index (χ3v) is 4.77. The summed E-state index contributed by atoms with van der Waals surface area (Å²) >= 11 is 0. The van der Waals surface area contributed by atoms with E-state index < -0.39 is 11.2 Å². The summed E-state index contributed by atoms with van der Waals surface area (Å²) < 4.78 is 5.38. The standard InChI is InChI=1S/C12H16O3/c1-6-4-11(3)7(2)8-5-15-12(14,9(6)8)10(11)13/h4,7-9,14H,5H2,1-3H3/t7-,8-,9+,11-,12+/m0/s1. The largest absolute Gasteiger partial charge is 0.359 e. The van der Waals surface area contributed by atoms with Crippen molar-refractivity contribution in [2.24, 2.45) is 23.2 Å². The first-order valence-electron chi connectivity index (χ1n) is 5.52. The highest BCUT2D eigenvalue weighted by Gasteiger charge is 2.69. The molecule has 1 aliphatic heterocycles. The smallest absolute Gasteiger partial charge is 0.234 e. The Morgan fingerprint density at radius 3 is 2.93 bits per heavy atom. The molecule has 5 atom stereocenters. The molecule has 1 saturated heterocycles. The average molecular weight is 208 g/mol. The number of hydrogen-bond acceptors (Lipinski definition) is 3. The maximum atomic E-state index is 12.2. The van der Waals surface area contributed by atoms with Gasteiger partial charge in [0.1, 0.15) is 0 Å². The van der Waals surface area contributed by atoms with Gasteiger partial charge >= 0.3 is 0 Å². The molecule has 3 nitrogen and oxygen atoms in total. The molecule has 1 saturated carbocycles. The monoisotopic (exact) mass is 208 g/mol. The SMILES string of the molecule is CC1=C[C@]2(C)C(=O)[C@]3(O)OC[C@H]([C@@H]13)[C@@H]2C. The normalized spacial score (nSPS) is 57.2. The van der Waals surface area contributed by atoms with Crippen LogP contribution in [0.2, 0.25) is 0 Å². The highest BCUT2D eigenvalue weighted by atomic mass is 16.6. The van der Waals surface area contributed by atoms with Gasteiger partial charge in [-0.2, -0.15) is 0 Å². The first kappa shape index (κ1) is 9.55. The molecule has 0 aromatic heterocycles. The molecule has 0 unspecified atom stereocenters. The summed E-state index contributed by atoms with van der Waals surface area (Å²) in [4.78, 5) is 12.2. The molecule has 1 N–H and O–H groups in total. The average Bonchev–Trinajstić information content (AvgIpc) is 2.50. The maximum absolute atomic E-state index is 12.2. The summed E-state index contributed by atoms with van der Waals surface area (Å²) in [5, 5.41) is 10.3. The summed E-state index contributed by atoms with van der Waals surface area (Å²) in [6.07, 6.45) is 2.03. The van der Waals surface area contributed by atoms with Gasteiger partial charge in [-0.15, -0.1) is 0 Å². The minimum absolute atomic E-state index is 0.109. The van der Waals surface area contributed by atoms with Crippen LogP contribution < -0.4 is 0 Å². The minimum atomic E-state index is -1.52. The fraction of sp³-hybridized carbons (Fsp3) is 0.750. The molecule has 4 bridgehead atoms. The van der Waals surface area contributed by atoms with E-state index in [1.54, 1.807) is 0 Å². The predicted octanol–water partition coefficient (Wildman–Crippen LogP) is 1.12. The van der Waals surface area contributed by atoms with Gasteiger partial charge in [-0.1, -0.05) is 18.6 Å². The molecule has 82 valence electrons. The van der Waals surface area contributed by atoms with Gasteiger partial charge in [0.05, 0.1) is 12.0 Å². The number of carbonyl (C=O) groups is 1. The molecular formula is C12H16O3. The fourth-order valence-electron chi connectivity index (χ4n) is 3.78. The van der Waals surface area contributed by atoms with Crippen molar-refractivity contribution in [3.05, 3.63) is 11.6 Å². The molecule has 0 aromatic rings. The summed E-state index contributed by atoms with van der Waals surface area (Å²) in [5.41, 5.74) is 0.578. The quantitative estimate of drug-likeness (QED) is 0.607. The Kier molecular flexibility index (Phi) is 1.50. The third-order valence-electron chi connectivity index (χ3n) is 4.77. The topological polar surface area (TPSA) is 46.5 Å². The summed E-state index contributed by atoms with van der Waals surface area (Å²) in [5.74, 6) is -1.22. The van der Waals surface area contributed by atoms with Gasteiger partial charge in [-0.3, -0.25) is 4.79 Å². The highest BCUT2D eigenvalue weighted by molar-refractivity contribution is 5.96. The molecule has 15 heavy (non-hydrogen) atoms. The summed E-state index contributed by atoms with van der Waals surface area (Å²) in [6, 6.07) is 0. The van der Waals surface area contributed by atoms with Gasteiger partial charge < -0.3 is 9.84 Å². The zero-order chi connectivity index (χ0) is 11.0. The lowest BCUT2D eigenvalue weighted by Crippen LogP contribution is -2.62. The molecule has 1 heterocycles. The van der Waals surface area contributed by atoms with Crippen LogP contribution in [-0.4, -0.2) is 23.3 Å². The van der Waals surface area contributed by atoms with E-state index in [1.807, 2.05) is 19.9 Å². The fourth-order valence-corrected chi connectivity index (χ4v) is 3.78. The number of Topliss-reactive ketones (excluding diaryl/α,β-unsaturated/α-hetero) is 1. The van der Waals surface area contributed by atoms with Crippen LogP contribution in [0, 0.1) is 23.2 Å². The number of allylic oxidation sites excluding steroid dienone is 1. The van der Waals surface area contributed by atoms with E-state index in [0.29, 0.717) is 12.5 Å². The second kappa shape index (κ2) is 2.36. The number of ketones is 1. The van der Waals surface area contributed by atoms with Crippen molar-refractivity contribution in [1.82, 2.24) is 0 Å². The van der Waals surface area contributed by atoms with E-state index in [-0.39, 0.29) is 17.6 Å². The molecule has 0 amide bonds. The first-order chi connectivity index (χ1) is 6.91. The van der Waals surface area contributed by atoms with Gasteiger partial charge in [-0.05, 0) is 25.7 Å². The highest BCUT2D eigenvalue weighted by Crippen LogP contribution is 2.60. The van der Waals surface area contributed by atoms with Crippen LogP contribution in [0.15, 0.2) is 11.6 Å². The Morgan fingerprint density at radius 2 is 2.27 bits per heavy atom. The van der Waals surface area contributed by atoms with E-state index >= 15 is 0 Å². The number of rotatable bonds is 0. The van der Waals surface area contributed by atoms with E-state index in [1.165, 1.54) is 0 Å². The third kappa shape index (κ3) is 0.797. The summed E-state index contributed by atoms with van der Waals surface area (Å²) in [6.45, 7) is 6.51. The molecule has 0 spiro atoms. The Hall–Kier alpha value is -0.670. The number of hydrogen-bond donors (Lipinski definition) is 1. The van der Waals surface area contributed by atoms with Gasteiger partial charge in [0.2, 0.25) is 11.6 Å². The molecule has 2 fully saturated rings. The van der Waals surface area contributed by atoms with E-state index in [2.05, 4.69) is 6.92 Å². The Bertz CT molecular complexity index is 386. The molecule has 3 aliphatic carbocycles. The van der Waals surface area contributed by atoms with Crippen molar-refractivity contribution in [3.8, 4) is 0 Å². The van der Waals surface area contributed by atoms with Gasteiger partial charge in [0.25, 0.3) is 0 Å². The second-order valence-electron chi connectivity index (χ2n) is 5.44. The molecule has 3 heteroatoms. The number of ether oxygens (including phenoxy) is 1. The number of aliphatic hydroxyl groups is 1. The van der Waals surface area contributed by atoms with Crippen molar-refractivity contribution < 1.29 is 14.6 Å². The van der Waals surface area contributed by atoms with Gasteiger partial charge in [-0.25, -0.2) is 0 Å². The van der Waals surface area contributed by atoms with Crippen molar-refractivity contribution in [3.63, 3.8) is 0 Å². The first-order valence-corrected chi connectivity index (χ1v) is 5.52. The van der Waals surface area contributed by atoms with Crippen LogP contribution in [0.1, 0.15) is 20.8 Å². The summed E-state index contributed by atoms with van der Waals surface area (Å²) in [7, 11) is 0. The van der Waals surface area contributed by atoms with Crippen molar-refractivity contribution >= 4 is 5.78 Å². The van der Waals surface area contributed by atoms with Crippen molar-refractivity contribution in [2.75, 3.05) is 6.61 Å². The lowest BCUT2D eigenvalue weighted by Gasteiger charge is -2.51. The minimum Gasteiger partial charge on any atom is -0.359 e. The molecular weight excluding hydrogens is 192 g/mol. The zero-order valence-corrected chi connectivity index (χ0v) is 9.28. The Balaban J connectivity index is 2.27. The van der Waals surface area contributed by atoms with Crippen molar-refractivity contribution in [2.45, 2.75) is 26.6 Å². The lowest BCUT2D eigenvalue weighted by molar-refractivity contribution is -0.212. The van der Waals surface area contributed by atoms with Crippen LogP contribution >= 0.6 is 0 Å². The lowest BCUT2D eigenvalue weighted by atomic mass is 9.52. The van der Waals surface area contributed by atoms with Gasteiger partial charge in [0, 0.05) is 5.92 Å². The van der Waals surface area contributed by atoms with Crippen LogP contribution in [0.5, 0.6) is 0 Å². The van der Waals surface area contributed by atoms with Crippen LogP contribution in [-0.2, 0) is 9.53 Å². The zero-order valence-electron chi connectivity index (χ0n) is 9.28. The van der Waals surface area contributed by atoms with Crippen LogP contribution in [0.3, 0.4) is 0 Å². The number of carbonyl (C=O) groups excluding carboxylic acids is 1. The van der Waals surface area contributed by atoms with E-state index in [0.717, 1.165) is 5.57 Å². The van der Waals surface area contributed by atoms with Gasteiger partial charge in [0.15, 0.2) is 0 Å². The molecule has 0 aromatic carbocycles. The molecule has 4 rings (SSSR count). The van der Waals surface area contributed by atoms with Crippen molar-refractivity contribution in [1.29, 1.82) is 0 Å². The van der Waals surface area contributed by atoms with E-state index in [4.69, 9.17) is 4.74 Å². The maximum Gasteiger partial charge on any atom is 0.234 e. The Morgan fingerprint density at radius 1 is 1.60 bits per heavy atom. The van der Waals surface area contributed by atoms with Crippen LogP contribution in [0.4, 0.5) is 0 Å². The Labute approximate surface area is 89.1 Å².